The number of amides is 1. The number of aromatic nitrogens is 1. The number of nitrogens with one attached hydrogen (secondary N) is 2. The summed E-state index contributed by atoms with van der Waals surface area (Å²) in [6.07, 6.45) is 5.31. The third-order valence-electron chi connectivity index (χ3n) is 5.54. The van der Waals surface area contributed by atoms with Crippen molar-refractivity contribution < 1.29 is 19.0 Å². The number of carbonyl (C=O) groups is 1. The molecule has 0 radical (unpaired) electrons. The molecule has 2 aliphatic rings. The zero-order valence-electron chi connectivity index (χ0n) is 17.6. The Morgan fingerprint density at radius 2 is 2.10 bits per heavy atom. The molecule has 1 aliphatic carbocycles. The van der Waals surface area contributed by atoms with Crippen LogP contribution in [0.1, 0.15) is 42.6 Å². The lowest BCUT2D eigenvalue weighted by molar-refractivity contribution is 0.0925. The maximum absolute atomic E-state index is 12.8. The van der Waals surface area contributed by atoms with Crippen molar-refractivity contribution in [3.8, 4) is 11.5 Å². The molecule has 1 saturated heterocycles. The first-order valence-electron chi connectivity index (χ1n) is 10.9. The van der Waals surface area contributed by atoms with Gasteiger partial charge in [0.15, 0.2) is 0 Å². The van der Waals surface area contributed by atoms with Crippen molar-refractivity contribution >= 4 is 16.8 Å². The van der Waals surface area contributed by atoms with E-state index >= 15 is 0 Å². The first-order valence-corrected chi connectivity index (χ1v) is 10.9. The minimum absolute atomic E-state index is 0.132. The van der Waals surface area contributed by atoms with E-state index in [1.807, 2.05) is 18.2 Å². The van der Waals surface area contributed by atoms with Gasteiger partial charge in [-0.15, -0.1) is 0 Å². The fraction of sp³-hybridized carbons (Fsp3) is 0.565. The molecule has 1 amide bonds. The molecule has 1 aromatic heterocycles. The van der Waals surface area contributed by atoms with E-state index in [9.17, 15) is 4.79 Å². The highest BCUT2D eigenvalue weighted by Crippen LogP contribution is 2.32. The van der Waals surface area contributed by atoms with E-state index in [1.54, 1.807) is 13.2 Å². The van der Waals surface area contributed by atoms with Crippen LogP contribution in [0.5, 0.6) is 11.5 Å². The van der Waals surface area contributed by atoms with Gasteiger partial charge in [-0.2, -0.15) is 0 Å². The number of piperidine rings is 1. The highest BCUT2D eigenvalue weighted by molar-refractivity contribution is 5.97. The SMILES string of the molecule is COCCCOc1cc(C(=O)N[C@@H]2CCCNC2)nc2ccc(OCC3CC3)cc12. The minimum atomic E-state index is -0.165. The molecular formula is C23H31N3O4. The molecule has 30 heavy (non-hydrogen) atoms. The highest BCUT2D eigenvalue weighted by Gasteiger charge is 2.22. The Balaban J connectivity index is 1.55. The van der Waals surface area contributed by atoms with Crippen LogP contribution >= 0.6 is 0 Å². The lowest BCUT2D eigenvalue weighted by Crippen LogP contribution is -2.45. The Hall–Kier alpha value is -2.38. The van der Waals surface area contributed by atoms with Crippen LogP contribution in [-0.4, -0.2) is 57.0 Å². The maximum Gasteiger partial charge on any atom is 0.270 e. The number of ether oxygens (including phenoxy) is 3. The fourth-order valence-corrected chi connectivity index (χ4v) is 3.62. The van der Waals surface area contributed by atoms with E-state index in [2.05, 4.69) is 15.6 Å². The average Bonchev–Trinajstić information content (AvgIpc) is 3.60. The summed E-state index contributed by atoms with van der Waals surface area (Å²) in [7, 11) is 1.67. The topological polar surface area (TPSA) is 81.7 Å². The molecule has 1 aliphatic heterocycles. The van der Waals surface area contributed by atoms with Gasteiger partial charge in [0.1, 0.15) is 17.2 Å². The second-order valence-corrected chi connectivity index (χ2v) is 8.15. The summed E-state index contributed by atoms with van der Waals surface area (Å²) < 4.78 is 17.1. The van der Waals surface area contributed by atoms with Crippen LogP contribution in [0.3, 0.4) is 0 Å². The van der Waals surface area contributed by atoms with Crippen molar-refractivity contribution in [1.82, 2.24) is 15.6 Å². The van der Waals surface area contributed by atoms with E-state index in [0.29, 0.717) is 30.6 Å². The third kappa shape index (κ3) is 5.61. The van der Waals surface area contributed by atoms with E-state index in [0.717, 1.165) is 55.6 Å². The molecule has 7 heteroatoms. The molecule has 4 rings (SSSR count). The van der Waals surface area contributed by atoms with Gasteiger partial charge in [0.25, 0.3) is 5.91 Å². The van der Waals surface area contributed by atoms with Crippen LogP contribution in [0.4, 0.5) is 0 Å². The molecule has 2 fully saturated rings. The molecule has 2 aromatic rings. The van der Waals surface area contributed by atoms with Crippen LogP contribution in [-0.2, 0) is 4.74 Å². The molecule has 2 N–H and O–H groups in total. The van der Waals surface area contributed by atoms with Gasteiger partial charge in [0.05, 0.1) is 18.7 Å². The summed E-state index contributed by atoms with van der Waals surface area (Å²) in [5.74, 6) is 1.98. The van der Waals surface area contributed by atoms with E-state index in [1.165, 1.54) is 12.8 Å². The number of carbonyl (C=O) groups excluding carboxylic acids is 1. The number of fused-ring (bicyclic) bond motifs is 1. The van der Waals surface area contributed by atoms with E-state index < -0.39 is 0 Å². The third-order valence-corrected chi connectivity index (χ3v) is 5.54. The van der Waals surface area contributed by atoms with Crippen molar-refractivity contribution in [3.63, 3.8) is 0 Å². The number of pyridine rings is 1. The zero-order chi connectivity index (χ0) is 20.8. The number of hydrogen-bond donors (Lipinski definition) is 2. The van der Waals surface area contributed by atoms with Crippen molar-refractivity contribution in [1.29, 1.82) is 0 Å². The second-order valence-electron chi connectivity index (χ2n) is 8.15. The summed E-state index contributed by atoms with van der Waals surface area (Å²) in [5, 5.41) is 7.27. The normalized spacial score (nSPS) is 18.9. The lowest BCUT2D eigenvalue weighted by Gasteiger charge is -2.23. The van der Waals surface area contributed by atoms with Gasteiger partial charge in [-0.25, -0.2) is 4.98 Å². The predicted octanol–water partition coefficient (Wildman–Crippen LogP) is 2.92. The van der Waals surface area contributed by atoms with Crippen molar-refractivity contribution in [2.75, 3.05) is 40.0 Å². The standard InChI is InChI=1S/C23H31N3O4/c1-28-10-3-11-29-22-13-21(23(27)25-17-4-2-9-24-14-17)26-20-8-7-18(12-19(20)22)30-15-16-5-6-16/h7-8,12-13,16-17,24H,2-6,9-11,14-15H2,1H3,(H,25,27)/t17-/m1/s1. The smallest absolute Gasteiger partial charge is 0.270 e. The van der Waals surface area contributed by atoms with Crippen LogP contribution in [0.2, 0.25) is 0 Å². The zero-order valence-corrected chi connectivity index (χ0v) is 17.6. The molecule has 1 saturated carbocycles. The van der Waals surface area contributed by atoms with E-state index in [-0.39, 0.29) is 11.9 Å². The number of benzene rings is 1. The Bertz CT molecular complexity index is 863. The first-order chi connectivity index (χ1) is 14.7. The lowest BCUT2D eigenvalue weighted by atomic mass is 10.1. The van der Waals surface area contributed by atoms with Crippen molar-refractivity contribution in [2.24, 2.45) is 5.92 Å². The maximum atomic E-state index is 12.8. The Morgan fingerprint density at radius 1 is 1.20 bits per heavy atom. The second kappa shape index (κ2) is 10.1. The minimum Gasteiger partial charge on any atom is -0.493 e. The van der Waals surface area contributed by atoms with Crippen LogP contribution in [0.15, 0.2) is 24.3 Å². The average molecular weight is 414 g/mol. The molecule has 7 nitrogen and oxygen atoms in total. The Morgan fingerprint density at radius 3 is 2.87 bits per heavy atom. The molecule has 0 spiro atoms. The van der Waals surface area contributed by atoms with Crippen LogP contribution in [0.25, 0.3) is 10.9 Å². The molecule has 0 bridgehead atoms. The van der Waals surface area contributed by atoms with Crippen molar-refractivity contribution in [3.05, 3.63) is 30.0 Å². The summed E-state index contributed by atoms with van der Waals surface area (Å²) in [6, 6.07) is 7.65. The summed E-state index contributed by atoms with van der Waals surface area (Å²) >= 11 is 0. The van der Waals surface area contributed by atoms with E-state index in [4.69, 9.17) is 14.2 Å². The summed E-state index contributed by atoms with van der Waals surface area (Å²) in [6.45, 7) is 3.68. The highest BCUT2D eigenvalue weighted by atomic mass is 16.5. The van der Waals surface area contributed by atoms with Crippen LogP contribution in [0, 0.1) is 5.92 Å². The summed E-state index contributed by atoms with van der Waals surface area (Å²) in [4.78, 5) is 17.4. The van der Waals surface area contributed by atoms with Gasteiger partial charge in [-0.3, -0.25) is 4.79 Å². The van der Waals surface area contributed by atoms with Gasteiger partial charge in [-0.1, -0.05) is 0 Å². The number of hydrogen-bond acceptors (Lipinski definition) is 6. The Labute approximate surface area is 177 Å². The Kier molecular flexibility index (Phi) is 7.02. The molecule has 0 unspecified atom stereocenters. The number of rotatable bonds is 10. The van der Waals surface area contributed by atoms with Crippen LogP contribution < -0.4 is 20.1 Å². The van der Waals surface area contributed by atoms with Gasteiger partial charge in [0.2, 0.25) is 0 Å². The first kappa shape index (κ1) is 20.9. The quantitative estimate of drug-likeness (QED) is 0.583. The number of methoxy groups -OCH3 is 1. The van der Waals surface area contributed by atoms with Gasteiger partial charge < -0.3 is 24.8 Å². The van der Waals surface area contributed by atoms with Gasteiger partial charge in [-0.05, 0) is 56.3 Å². The van der Waals surface area contributed by atoms with Crippen molar-refractivity contribution in [2.45, 2.75) is 38.1 Å². The van der Waals surface area contributed by atoms with Gasteiger partial charge >= 0.3 is 0 Å². The van der Waals surface area contributed by atoms with Gasteiger partial charge in [0, 0.05) is 44.2 Å². The largest absolute Gasteiger partial charge is 0.493 e. The molecule has 1 aromatic carbocycles. The number of nitrogens with zero attached hydrogens (tertiary/aromatic N) is 1. The predicted molar refractivity (Wildman–Crippen MR) is 115 cm³/mol. The monoisotopic (exact) mass is 413 g/mol. The molecule has 162 valence electrons. The molecule has 2 heterocycles. The molecular weight excluding hydrogens is 382 g/mol. The molecule has 1 atom stereocenters. The summed E-state index contributed by atoms with van der Waals surface area (Å²) in [5.41, 5.74) is 1.10. The fourth-order valence-electron chi connectivity index (χ4n) is 3.62.